The number of aliphatic hydroxyl groups excluding tert-OH is 1. The summed E-state index contributed by atoms with van der Waals surface area (Å²) in [6.45, 7) is 4.11. The Kier molecular flexibility index (Phi) is 9.30. The van der Waals surface area contributed by atoms with Crippen LogP contribution in [0.3, 0.4) is 0 Å². The van der Waals surface area contributed by atoms with Crippen molar-refractivity contribution in [3.63, 3.8) is 0 Å². The molecule has 16 heavy (non-hydrogen) atoms. The van der Waals surface area contributed by atoms with Gasteiger partial charge in [0.2, 0.25) is 0 Å². The van der Waals surface area contributed by atoms with E-state index >= 15 is 0 Å². The fraction of sp³-hybridized carbons (Fsp3) is 0.923. The van der Waals surface area contributed by atoms with Crippen LogP contribution in [0, 0.1) is 5.92 Å². The maximum atomic E-state index is 10.9. The molecular weight excluding hydrogens is 204 g/mol. The molecule has 0 rings (SSSR count). The zero-order valence-corrected chi connectivity index (χ0v) is 10.6. The van der Waals surface area contributed by atoms with Crippen LogP contribution < -0.4 is 0 Å². The van der Waals surface area contributed by atoms with Crippen molar-refractivity contribution in [2.45, 2.75) is 71.3 Å². The molecule has 0 amide bonds. The van der Waals surface area contributed by atoms with Crippen molar-refractivity contribution >= 4 is 5.97 Å². The van der Waals surface area contributed by atoms with Gasteiger partial charge in [-0.1, -0.05) is 52.4 Å². The molecule has 0 aliphatic carbocycles. The van der Waals surface area contributed by atoms with Gasteiger partial charge in [0.1, 0.15) is 0 Å². The fourth-order valence-corrected chi connectivity index (χ4v) is 1.95. The van der Waals surface area contributed by atoms with Gasteiger partial charge in [0.05, 0.1) is 12.0 Å². The summed E-state index contributed by atoms with van der Waals surface area (Å²) >= 11 is 0. The Hall–Kier alpha value is -0.570. The van der Waals surface area contributed by atoms with Gasteiger partial charge >= 0.3 is 5.97 Å². The maximum absolute atomic E-state index is 10.9. The highest BCUT2D eigenvalue weighted by atomic mass is 16.4. The van der Waals surface area contributed by atoms with Gasteiger partial charge in [-0.2, -0.15) is 0 Å². The number of carboxylic acid groups (broad SMARTS) is 1. The molecule has 0 fully saturated rings. The lowest BCUT2D eigenvalue weighted by Gasteiger charge is -2.18. The third-order valence-electron chi connectivity index (χ3n) is 2.98. The van der Waals surface area contributed by atoms with E-state index in [1.807, 2.05) is 6.92 Å². The highest BCUT2D eigenvalue weighted by Crippen LogP contribution is 2.17. The molecule has 0 radical (unpaired) electrons. The molecule has 2 atom stereocenters. The summed E-state index contributed by atoms with van der Waals surface area (Å²) in [7, 11) is 0. The van der Waals surface area contributed by atoms with Crippen molar-refractivity contribution in [3.8, 4) is 0 Å². The van der Waals surface area contributed by atoms with Crippen molar-refractivity contribution in [3.05, 3.63) is 0 Å². The predicted octanol–water partition coefficient (Wildman–Crippen LogP) is 3.21. The molecule has 2 unspecified atom stereocenters. The second-order valence-electron chi connectivity index (χ2n) is 4.50. The van der Waals surface area contributed by atoms with E-state index in [2.05, 4.69) is 6.92 Å². The number of hydrogen-bond acceptors (Lipinski definition) is 2. The van der Waals surface area contributed by atoms with Crippen molar-refractivity contribution in [2.75, 3.05) is 0 Å². The average Bonchev–Trinajstić information content (AvgIpc) is 2.24. The SMILES string of the molecule is CCCCCCCC(O)C(CCC)C(=O)O. The van der Waals surface area contributed by atoms with Crippen molar-refractivity contribution in [1.29, 1.82) is 0 Å². The lowest BCUT2D eigenvalue weighted by Crippen LogP contribution is -2.28. The average molecular weight is 230 g/mol. The number of aliphatic carboxylic acids is 1. The molecule has 0 heterocycles. The summed E-state index contributed by atoms with van der Waals surface area (Å²) in [5.74, 6) is -1.43. The van der Waals surface area contributed by atoms with E-state index in [9.17, 15) is 9.90 Å². The molecule has 0 saturated carbocycles. The number of aliphatic hydroxyl groups is 1. The molecule has 0 aliphatic rings. The molecule has 0 saturated heterocycles. The van der Waals surface area contributed by atoms with Crippen LogP contribution in [0.4, 0.5) is 0 Å². The Labute approximate surface area is 98.9 Å². The Bertz CT molecular complexity index is 180. The number of carbonyl (C=O) groups is 1. The Morgan fingerprint density at radius 2 is 1.62 bits per heavy atom. The summed E-state index contributed by atoms with van der Waals surface area (Å²) < 4.78 is 0. The summed E-state index contributed by atoms with van der Waals surface area (Å²) in [6, 6.07) is 0. The molecule has 0 bridgehead atoms. The molecule has 96 valence electrons. The zero-order chi connectivity index (χ0) is 12.4. The number of unbranched alkanes of at least 4 members (excludes halogenated alkanes) is 4. The lowest BCUT2D eigenvalue weighted by molar-refractivity contribution is -0.146. The maximum Gasteiger partial charge on any atom is 0.309 e. The third kappa shape index (κ3) is 6.83. The molecule has 3 nitrogen and oxygen atoms in total. The fourth-order valence-electron chi connectivity index (χ4n) is 1.95. The molecule has 2 N–H and O–H groups in total. The van der Waals surface area contributed by atoms with Gasteiger partial charge in [-0.3, -0.25) is 4.79 Å². The predicted molar refractivity (Wildman–Crippen MR) is 65.4 cm³/mol. The van der Waals surface area contributed by atoms with Gasteiger partial charge in [0, 0.05) is 0 Å². The normalized spacial score (nSPS) is 14.7. The highest BCUT2D eigenvalue weighted by molar-refractivity contribution is 5.70. The molecule has 3 heteroatoms. The number of carboxylic acids is 1. The first-order valence-electron chi connectivity index (χ1n) is 6.54. The van der Waals surface area contributed by atoms with Crippen molar-refractivity contribution in [2.24, 2.45) is 5.92 Å². The summed E-state index contributed by atoms with van der Waals surface area (Å²) in [6.07, 6.45) is 7.01. The first-order valence-corrected chi connectivity index (χ1v) is 6.54. The van der Waals surface area contributed by atoms with Gasteiger partial charge in [-0.05, 0) is 12.8 Å². The van der Waals surface area contributed by atoms with Crippen LogP contribution in [0.1, 0.15) is 65.2 Å². The van der Waals surface area contributed by atoms with Gasteiger partial charge < -0.3 is 10.2 Å². The first kappa shape index (κ1) is 15.4. The van der Waals surface area contributed by atoms with Gasteiger partial charge in [0.25, 0.3) is 0 Å². The van der Waals surface area contributed by atoms with Crippen LogP contribution in [0.5, 0.6) is 0 Å². The standard InChI is InChI=1S/C13H26O3/c1-3-5-6-7-8-10-12(14)11(9-4-2)13(15)16/h11-12,14H,3-10H2,1-2H3,(H,15,16). The molecule has 0 aromatic heterocycles. The second kappa shape index (κ2) is 9.64. The topological polar surface area (TPSA) is 57.5 Å². The van der Waals surface area contributed by atoms with Crippen LogP contribution in [0.2, 0.25) is 0 Å². The number of rotatable bonds is 10. The van der Waals surface area contributed by atoms with Gasteiger partial charge in [0.15, 0.2) is 0 Å². The molecular formula is C13H26O3. The van der Waals surface area contributed by atoms with Crippen LogP contribution in [0.15, 0.2) is 0 Å². The monoisotopic (exact) mass is 230 g/mol. The van der Waals surface area contributed by atoms with Crippen LogP contribution in [-0.2, 0) is 4.79 Å². The van der Waals surface area contributed by atoms with E-state index in [-0.39, 0.29) is 0 Å². The van der Waals surface area contributed by atoms with E-state index in [1.165, 1.54) is 19.3 Å². The Morgan fingerprint density at radius 1 is 1.00 bits per heavy atom. The van der Waals surface area contributed by atoms with E-state index in [4.69, 9.17) is 5.11 Å². The van der Waals surface area contributed by atoms with Gasteiger partial charge in [-0.15, -0.1) is 0 Å². The van der Waals surface area contributed by atoms with E-state index in [1.54, 1.807) is 0 Å². The molecule has 0 spiro atoms. The Balaban J connectivity index is 3.74. The summed E-state index contributed by atoms with van der Waals surface area (Å²) in [4.78, 5) is 10.9. The van der Waals surface area contributed by atoms with E-state index in [0.717, 1.165) is 19.3 Å². The minimum absolute atomic E-state index is 0.573. The molecule has 0 aliphatic heterocycles. The second-order valence-corrected chi connectivity index (χ2v) is 4.50. The summed E-state index contributed by atoms with van der Waals surface area (Å²) in [5, 5.41) is 18.7. The van der Waals surface area contributed by atoms with Crippen LogP contribution in [-0.4, -0.2) is 22.3 Å². The molecule has 0 aromatic rings. The highest BCUT2D eigenvalue weighted by Gasteiger charge is 2.24. The van der Waals surface area contributed by atoms with Crippen LogP contribution >= 0.6 is 0 Å². The number of hydrogen-bond donors (Lipinski definition) is 2. The molecule has 0 aromatic carbocycles. The van der Waals surface area contributed by atoms with Gasteiger partial charge in [-0.25, -0.2) is 0 Å². The third-order valence-corrected chi connectivity index (χ3v) is 2.98. The minimum atomic E-state index is -0.858. The lowest BCUT2D eigenvalue weighted by atomic mass is 9.93. The summed E-state index contributed by atoms with van der Waals surface area (Å²) in [5.41, 5.74) is 0. The van der Waals surface area contributed by atoms with Crippen molar-refractivity contribution < 1.29 is 15.0 Å². The quantitative estimate of drug-likeness (QED) is 0.567. The largest absolute Gasteiger partial charge is 0.481 e. The first-order chi connectivity index (χ1) is 7.63. The Morgan fingerprint density at radius 3 is 2.12 bits per heavy atom. The van der Waals surface area contributed by atoms with Crippen LogP contribution in [0.25, 0.3) is 0 Å². The zero-order valence-electron chi connectivity index (χ0n) is 10.6. The van der Waals surface area contributed by atoms with E-state index in [0.29, 0.717) is 12.8 Å². The smallest absolute Gasteiger partial charge is 0.309 e. The van der Waals surface area contributed by atoms with Crippen molar-refractivity contribution in [1.82, 2.24) is 0 Å². The minimum Gasteiger partial charge on any atom is -0.481 e. The van der Waals surface area contributed by atoms with E-state index < -0.39 is 18.0 Å².